The average molecular weight is 190 g/mol. The van der Waals surface area contributed by atoms with E-state index >= 15 is 0 Å². The van der Waals surface area contributed by atoms with Gasteiger partial charge >= 0.3 is 0 Å². The van der Waals surface area contributed by atoms with Crippen LogP contribution in [-0.2, 0) is 11.3 Å². The summed E-state index contributed by atoms with van der Waals surface area (Å²) in [6.07, 6.45) is 2.13. The zero-order valence-corrected chi connectivity index (χ0v) is 8.32. The van der Waals surface area contributed by atoms with Gasteiger partial charge in [-0.05, 0) is 24.5 Å². The first-order valence-electron chi connectivity index (χ1n) is 4.93. The largest absolute Gasteiger partial charge is 0.380 e. The van der Waals surface area contributed by atoms with Gasteiger partial charge in [-0.15, -0.1) is 0 Å². The lowest BCUT2D eigenvalue weighted by Crippen LogP contribution is -2.02. The molecule has 0 spiro atoms. The molecule has 2 heteroatoms. The summed E-state index contributed by atoms with van der Waals surface area (Å²) in [6.45, 7) is 0.575. The zero-order valence-electron chi connectivity index (χ0n) is 8.32. The lowest BCUT2D eigenvalue weighted by Gasteiger charge is -2.02. The number of carbonyl (C=O) groups is 1. The van der Waals surface area contributed by atoms with Crippen LogP contribution in [0, 0.1) is 5.92 Å². The van der Waals surface area contributed by atoms with Crippen molar-refractivity contribution >= 4 is 5.78 Å². The first kappa shape index (κ1) is 9.41. The van der Waals surface area contributed by atoms with Gasteiger partial charge < -0.3 is 4.74 Å². The van der Waals surface area contributed by atoms with E-state index in [0.29, 0.717) is 18.3 Å². The van der Waals surface area contributed by atoms with Gasteiger partial charge in [0.15, 0.2) is 5.78 Å². The summed E-state index contributed by atoms with van der Waals surface area (Å²) in [7, 11) is 1.66. The van der Waals surface area contributed by atoms with Crippen LogP contribution in [0.5, 0.6) is 0 Å². The van der Waals surface area contributed by atoms with E-state index in [-0.39, 0.29) is 0 Å². The Kier molecular flexibility index (Phi) is 2.64. The van der Waals surface area contributed by atoms with E-state index in [4.69, 9.17) is 4.74 Å². The molecule has 0 heterocycles. The monoisotopic (exact) mass is 190 g/mol. The summed E-state index contributed by atoms with van der Waals surface area (Å²) in [5.41, 5.74) is 1.90. The number of hydrogen-bond acceptors (Lipinski definition) is 2. The summed E-state index contributed by atoms with van der Waals surface area (Å²) >= 11 is 0. The third kappa shape index (κ3) is 2.02. The molecular formula is C12H14O2. The summed E-state index contributed by atoms with van der Waals surface area (Å²) in [4.78, 5) is 11.7. The number of benzene rings is 1. The number of ether oxygens (including phenoxy) is 1. The lowest BCUT2D eigenvalue weighted by molar-refractivity contribution is 0.0967. The predicted octanol–water partition coefficient (Wildman–Crippen LogP) is 2.43. The molecule has 1 aliphatic rings. The molecule has 2 rings (SSSR count). The third-order valence-electron chi connectivity index (χ3n) is 2.47. The second-order valence-corrected chi connectivity index (χ2v) is 3.77. The van der Waals surface area contributed by atoms with Crippen molar-refractivity contribution in [2.24, 2.45) is 5.92 Å². The summed E-state index contributed by atoms with van der Waals surface area (Å²) in [5.74, 6) is 0.593. The van der Waals surface area contributed by atoms with E-state index in [0.717, 1.165) is 24.0 Å². The molecule has 0 aromatic heterocycles. The highest BCUT2D eigenvalue weighted by Gasteiger charge is 2.30. The Morgan fingerprint density at radius 1 is 1.50 bits per heavy atom. The molecule has 1 saturated carbocycles. The van der Waals surface area contributed by atoms with E-state index in [1.807, 2.05) is 24.3 Å². The highest BCUT2D eigenvalue weighted by Crippen LogP contribution is 2.32. The Morgan fingerprint density at radius 3 is 2.93 bits per heavy atom. The van der Waals surface area contributed by atoms with Crippen LogP contribution >= 0.6 is 0 Å². The Labute approximate surface area is 83.9 Å². The Morgan fingerprint density at radius 2 is 2.29 bits per heavy atom. The van der Waals surface area contributed by atoms with E-state index in [1.165, 1.54) is 0 Å². The molecule has 1 aliphatic carbocycles. The van der Waals surface area contributed by atoms with Crippen molar-refractivity contribution in [3.05, 3.63) is 35.4 Å². The first-order valence-corrected chi connectivity index (χ1v) is 4.93. The van der Waals surface area contributed by atoms with Crippen LogP contribution in [0.25, 0.3) is 0 Å². The number of Topliss-reactive ketones (excluding diaryl/α,β-unsaturated/α-hetero) is 1. The van der Waals surface area contributed by atoms with E-state index in [2.05, 4.69) is 0 Å². The van der Waals surface area contributed by atoms with Crippen LogP contribution in [0.4, 0.5) is 0 Å². The minimum atomic E-state index is 0.294. The lowest BCUT2D eigenvalue weighted by atomic mass is 10.0. The number of hydrogen-bond donors (Lipinski definition) is 0. The molecule has 2 nitrogen and oxygen atoms in total. The van der Waals surface area contributed by atoms with Crippen LogP contribution in [-0.4, -0.2) is 12.9 Å². The predicted molar refractivity (Wildman–Crippen MR) is 54.2 cm³/mol. The quantitative estimate of drug-likeness (QED) is 0.681. The van der Waals surface area contributed by atoms with Gasteiger partial charge in [-0.3, -0.25) is 4.79 Å². The van der Waals surface area contributed by atoms with Crippen LogP contribution < -0.4 is 0 Å². The topological polar surface area (TPSA) is 26.3 Å². The second-order valence-electron chi connectivity index (χ2n) is 3.77. The number of carbonyl (C=O) groups excluding carboxylic acids is 1. The maximum atomic E-state index is 11.7. The molecule has 74 valence electrons. The molecule has 14 heavy (non-hydrogen) atoms. The summed E-state index contributed by atoms with van der Waals surface area (Å²) < 4.78 is 5.03. The number of ketones is 1. The maximum absolute atomic E-state index is 11.7. The third-order valence-corrected chi connectivity index (χ3v) is 2.47. The Balaban J connectivity index is 2.16. The molecule has 0 saturated heterocycles. The average Bonchev–Trinajstić information content (AvgIpc) is 3.01. The molecule has 0 amide bonds. The molecule has 0 radical (unpaired) electrons. The molecule has 0 bridgehead atoms. The first-order chi connectivity index (χ1) is 6.81. The van der Waals surface area contributed by atoms with Gasteiger partial charge in [0, 0.05) is 18.6 Å². The van der Waals surface area contributed by atoms with Crippen molar-refractivity contribution < 1.29 is 9.53 Å². The number of rotatable bonds is 4. The smallest absolute Gasteiger partial charge is 0.165 e. The molecule has 0 N–H and O–H groups in total. The Bertz CT molecular complexity index is 340. The van der Waals surface area contributed by atoms with Crippen molar-refractivity contribution in [1.82, 2.24) is 0 Å². The van der Waals surface area contributed by atoms with Gasteiger partial charge in [-0.1, -0.05) is 18.2 Å². The molecule has 0 unspecified atom stereocenters. The molecule has 1 aromatic rings. The second kappa shape index (κ2) is 3.93. The number of methoxy groups -OCH3 is 1. The van der Waals surface area contributed by atoms with Gasteiger partial charge in [0.05, 0.1) is 6.61 Å². The van der Waals surface area contributed by atoms with Gasteiger partial charge in [-0.2, -0.15) is 0 Å². The van der Waals surface area contributed by atoms with Crippen molar-refractivity contribution in [3.8, 4) is 0 Å². The fraction of sp³-hybridized carbons (Fsp3) is 0.417. The van der Waals surface area contributed by atoms with Crippen LogP contribution in [0.15, 0.2) is 24.3 Å². The zero-order chi connectivity index (χ0) is 9.97. The molecule has 1 aromatic carbocycles. The van der Waals surface area contributed by atoms with Crippen LogP contribution in [0.2, 0.25) is 0 Å². The normalized spacial score (nSPS) is 15.5. The van der Waals surface area contributed by atoms with Crippen LogP contribution in [0.3, 0.4) is 0 Å². The Hall–Kier alpha value is -1.15. The van der Waals surface area contributed by atoms with Crippen LogP contribution in [0.1, 0.15) is 28.8 Å². The van der Waals surface area contributed by atoms with Crippen molar-refractivity contribution in [1.29, 1.82) is 0 Å². The highest BCUT2D eigenvalue weighted by molar-refractivity contribution is 5.99. The summed E-state index contributed by atoms with van der Waals surface area (Å²) in [5, 5.41) is 0. The molecule has 0 aliphatic heterocycles. The summed E-state index contributed by atoms with van der Waals surface area (Å²) in [6, 6.07) is 7.72. The van der Waals surface area contributed by atoms with E-state index in [9.17, 15) is 4.79 Å². The van der Waals surface area contributed by atoms with Gasteiger partial charge in [0.1, 0.15) is 0 Å². The fourth-order valence-electron chi connectivity index (χ4n) is 1.56. The van der Waals surface area contributed by atoms with Crippen molar-refractivity contribution in [2.45, 2.75) is 19.4 Å². The molecule has 0 atom stereocenters. The van der Waals surface area contributed by atoms with E-state index in [1.54, 1.807) is 7.11 Å². The minimum Gasteiger partial charge on any atom is -0.380 e. The SMILES string of the molecule is COCc1cccc(C(=O)C2CC2)c1. The van der Waals surface area contributed by atoms with Gasteiger partial charge in [0.2, 0.25) is 0 Å². The molecule has 1 fully saturated rings. The van der Waals surface area contributed by atoms with Gasteiger partial charge in [0.25, 0.3) is 0 Å². The van der Waals surface area contributed by atoms with E-state index < -0.39 is 0 Å². The maximum Gasteiger partial charge on any atom is 0.165 e. The standard InChI is InChI=1S/C12H14O2/c1-14-8-9-3-2-4-11(7-9)12(13)10-5-6-10/h2-4,7,10H,5-6,8H2,1H3. The minimum absolute atomic E-state index is 0.294. The van der Waals surface area contributed by atoms with Crippen molar-refractivity contribution in [2.75, 3.05) is 7.11 Å². The molecular weight excluding hydrogens is 176 g/mol. The fourth-order valence-corrected chi connectivity index (χ4v) is 1.56. The highest BCUT2D eigenvalue weighted by atomic mass is 16.5. The van der Waals surface area contributed by atoms with Gasteiger partial charge in [-0.25, -0.2) is 0 Å². The van der Waals surface area contributed by atoms with Crippen molar-refractivity contribution in [3.63, 3.8) is 0 Å².